The van der Waals surface area contributed by atoms with Crippen molar-refractivity contribution in [3.8, 4) is 11.5 Å². The van der Waals surface area contributed by atoms with Gasteiger partial charge in [0.25, 0.3) is 0 Å². The van der Waals surface area contributed by atoms with Gasteiger partial charge in [0.1, 0.15) is 0 Å². The normalized spacial score (nSPS) is 18.9. The first-order valence-corrected chi connectivity index (χ1v) is 6.35. The Morgan fingerprint density at radius 2 is 2.28 bits per heavy atom. The highest BCUT2D eigenvalue weighted by molar-refractivity contribution is 5.42. The van der Waals surface area contributed by atoms with Crippen LogP contribution in [0, 0.1) is 0 Å². The minimum Gasteiger partial charge on any atom is -0.493 e. The van der Waals surface area contributed by atoms with E-state index in [9.17, 15) is 0 Å². The van der Waals surface area contributed by atoms with E-state index in [1.807, 2.05) is 12.1 Å². The standard InChI is InChI=1S/C14H20O4/c1-16-14-9-11(10-15)4-5-13(14)18-8-6-12-3-2-7-17-12/h4-5,9,12,15H,2-3,6-8,10H2,1H3. The molecule has 1 aliphatic rings. The summed E-state index contributed by atoms with van der Waals surface area (Å²) in [7, 11) is 1.60. The largest absolute Gasteiger partial charge is 0.493 e. The van der Waals surface area contributed by atoms with Gasteiger partial charge in [-0.1, -0.05) is 6.07 Å². The Balaban J connectivity index is 1.87. The molecule has 4 heteroatoms. The van der Waals surface area contributed by atoms with Crippen molar-refractivity contribution in [1.29, 1.82) is 0 Å². The van der Waals surface area contributed by atoms with E-state index in [0.29, 0.717) is 24.2 Å². The van der Waals surface area contributed by atoms with Gasteiger partial charge in [0.05, 0.1) is 26.4 Å². The molecule has 100 valence electrons. The third kappa shape index (κ3) is 3.37. The van der Waals surface area contributed by atoms with Crippen molar-refractivity contribution in [3.05, 3.63) is 23.8 Å². The molecule has 0 spiro atoms. The molecule has 0 bridgehead atoms. The summed E-state index contributed by atoms with van der Waals surface area (Å²) < 4.78 is 16.5. The maximum atomic E-state index is 9.06. The number of methoxy groups -OCH3 is 1. The fourth-order valence-corrected chi connectivity index (χ4v) is 2.10. The fraction of sp³-hybridized carbons (Fsp3) is 0.571. The summed E-state index contributed by atoms with van der Waals surface area (Å²) in [5, 5.41) is 9.06. The van der Waals surface area contributed by atoms with E-state index in [-0.39, 0.29) is 6.61 Å². The van der Waals surface area contributed by atoms with Gasteiger partial charge in [0, 0.05) is 13.0 Å². The number of aliphatic hydroxyl groups is 1. The second-order valence-corrected chi connectivity index (χ2v) is 4.42. The van der Waals surface area contributed by atoms with Crippen molar-refractivity contribution in [3.63, 3.8) is 0 Å². The highest BCUT2D eigenvalue weighted by atomic mass is 16.5. The van der Waals surface area contributed by atoms with E-state index < -0.39 is 0 Å². The maximum absolute atomic E-state index is 9.06. The fourth-order valence-electron chi connectivity index (χ4n) is 2.10. The molecule has 1 unspecified atom stereocenters. The molecule has 1 aromatic rings. The number of benzene rings is 1. The molecule has 0 amide bonds. The Morgan fingerprint density at radius 3 is 2.94 bits per heavy atom. The molecule has 4 nitrogen and oxygen atoms in total. The van der Waals surface area contributed by atoms with Crippen LogP contribution in [0.3, 0.4) is 0 Å². The van der Waals surface area contributed by atoms with E-state index in [1.165, 1.54) is 0 Å². The molecule has 1 heterocycles. The lowest BCUT2D eigenvalue weighted by Crippen LogP contribution is -2.11. The molecule has 0 aromatic heterocycles. The Hall–Kier alpha value is -1.26. The lowest BCUT2D eigenvalue weighted by atomic mass is 10.2. The van der Waals surface area contributed by atoms with Crippen molar-refractivity contribution in [2.45, 2.75) is 32.0 Å². The smallest absolute Gasteiger partial charge is 0.161 e. The first kappa shape index (κ1) is 13.2. The Labute approximate surface area is 107 Å². The van der Waals surface area contributed by atoms with Crippen LogP contribution in [0.2, 0.25) is 0 Å². The van der Waals surface area contributed by atoms with Gasteiger partial charge in [-0.25, -0.2) is 0 Å². The van der Waals surface area contributed by atoms with Crippen LogP contribution in [0.5, 0.6) is 11.5 Å². The molecular formula is C14H20O4. The minimum absolute atomic E-state index is 0.00650. The lowest BCUT2D eigenvalue weighted by Gasteiger charge is -2.13. The van der Waals surface area contributed by atoms with Crippen LogP contribution in [-0.4, -0.2) is 31.5 Å². The van der Waals surface area contributed by atoms with Gasteiger partial charge in [0.2, 0.25) is 0 Å². The number of aliphatic hydroxyl groups excluding tert-OH is 1. The van der Waals surface area contributed by atoms with Crippen molar-refractivity contribution < 1.29 is 19.3 Å². The molecule has 1 fully saturated rings. The molecule has 0 saturated carbocycles. The Morgan fingerprint density at radius 1 is 1.39 bits per heavy atom. The first-order valence-electron chi connectivity index (χ1n) is 6.35. The third-order valence-electron chi connectivity index (χ3n) is 3.13. The summed E-state index contributed by atoms with van der Waals surface area (Å²) in [6.07, 6.45) is 3.53. The van der Waals surface area contributed by atoms with E-state index in [4.69, 9.17) is 19.3 Å². The van der Waals surface area contributed by atoms with Crippen molar-refractivity contribution in [2.75, 3.05) is 20.3 Å². The average Bonchev–Trinajstić information content (AvgIpc) is 2.92. The summed E-state index contributed by atoms with van der Waals surface area (Å²) in [6.45, 7) is 1.51. The van der Waals surface area contributed by atoms with Gasteiger partial charge in [0.15, 0.2) is 11.5 Å². The molecular weight excluding hydrogens is 232 g/mol. The SMILES string of the molecule is COc1cc(CO)ccc1OCCC1CCCO1. The van der Waals surface area contributed by atoms with Crippen LogP contribution in [0.4, 0.5) is 0 Å². The van der Waals surface area contributed by atoms with Crippen LogP contribution < -0.4 is 9.47 Å². The number of ether oxygens (including phenoxy) is 3. The summed E-state index contributed by atoms with van der Waals surface area (Å²) in [5.41, 5.74) is 0.818. The average molecular weight is 252 g/mol. The topological polar surface area (TPSA) is 47.9 Å². The molecule has 1 saturated heterocycles. The highest BCUT2D eigenvalue weighted by Gasteiger charge is 2.15. The molecule has 2 rings (SSSR count). The molecule has 0 aliphatic carbocycles. The van der Waals surface area contributed by atoms with Gasteiger partial charge < -0.3 is 19.3 Å². The minimum atomic E-state index is 0.00650. The highest BCUT2D eigenvalue weighted by Crippen LogP contribution is 2.28. The summed E-state index contributed by atoms with van der Waals surface area (Å²) >= 11 is 0. The molecule has 1 atom stereocenters. The van der Waals surface area contributed by atoms with Crippen LogP contribution in [0.1, 0.15) is 24.8 Å². The van der Waals surface area contributed by atoms with Gasteiger partial charge in [-0.2, -0.15) is 0 Å². The van der Waals surface area contributed by atoms with Crippen LogP contribution in [0.25, 0.3) is 0 Å². The van der Waals surface area contributed by atoms with E-state index in [2.05, 4.69) is 0 Å². The van der Waals surface area contributed by atoms with E-state index in [1.54, 1.807) is 13.2 Å². The second-order valence-electron chi connectivity index (χ2n) is 4.42. The monoisotopic (exact) mass is 252 g/mol. The number of hydrogen-bond donors (Lipinski definition) is 1. The first-order chi connectivity index (χ1) is 8.83. The quantitative estimate of drug-likeness (QED) is 0.842. The van der Waals surface area contributed by atoms with Gasteiger partial charge in [-0.3, -0.25) is 0 Å². The van der Waals surface area contributed by atoms with Crippen LogP contribution in [-0.2, 0) is 11.3 Å². The van der Waals surface area contributed by atoms with Crippen molar-refractivity contribution in [2.24, 2.45) is 0 Å². The van der Waals surface area contributed by atoms with Crippen LogP contribution in [0.15, 0.2) is 18.2 Å². The van der Waals surface area contributed by atoms with Crippen molar-refractivity contribution >= 4 is 0 Å². The van der Waals surface area contributed by atoms with E-state index in [0.717, 1.165) is 31.4 Å². The number of rotatable bonds is 6. The summed E-state index contributed by atoms with van der Waals surface area (Å²) in [4.78, 5) is 0. The lowest BCUT2D eigenvalue weighted by molar-refractivity contribution is 0.0899. The number of hydrogen-bond acceptors (Lipinski definition) is 4. The van der Waals surface area contributed by atoms with Gasteiger partial charge in [-0.15, -0.1) is 0 Å². The summed E-state index contributed by atoms with van der Waals surface area (Å²) in [5.74, 6) is 1.38. The Bertz CT molecular complexity index is 372. The van der Waals surface area contributed by atoms with Crippen LogP contribution >= 0.6 is 0 Å². The zero-order valence-corrected chi connectivity index (χ0v) is 10.7. The van der Waals surface area contributed by atoms with Gasteiger partial charge in [-0.05, 0) is 30.5 Å². The van der Waals surface area contributed by atoms with Gasteiger partial charge >= 0.3 is 0 Å². The molecule has 0 radical (unpaired) electrons. The predicted octanol–water partition coefficient (Wildman–Crippen LogP) is 2.14. The van der Waals surface area contributed by atoms with E-state index >= 15 is 0 Å². The Kier molecular flexibility index (Phi) is 4.84. The zero-order chi connectivity index (χ0) is 12.8. The maximum Gasteiger partial charge on any atom is 0.161 e. The molecule has 18 heavy (non-hydrogen) atoms. The zero-order valence-electron chi connectivity index (χ0n) is 10.7. The molecule has 1 aromatic carbocycles. The summed E-state index contributed by atoms with van der Waals surface area (Å²) in [6, 6.07) is 5.46. The van der Waals surface area contributed by atoms with Crippen molar-refractivity contribution in [1.82, 2.24) is 0 Å². The molecule has 1 N–H and O–H groups in total. The molecule has 1 aliphatic heterocycles. The second kappa shape index (κ2) is 6.61. The predicted molar refractivity (Wildman–Crippen MR) is 68.0 cm³/mol. The third-order valence-corrected chi connectivity index (χ3v) is 3.13.